The fourth-order valence-electron chi connectivity index (χ4n) is 2.32. The van der Waals surface area contributed by atoms with Crippen LogP contribution in [0.25, 0.3) is 10.2 Å². The predicted octanol–water partition coefficient (Wildman–Crippen LogP) is 4.93. The van der Waals surface area contributed by atoms with Crippen LogP contribution in [0, 0.1) is 0 Å². The van der Waals surface area contributed by atoms with E-state index in [9.17, 15) is 12.8 Å². The van der Waals surface area contributed by atoms with E-state index in [0.29, 0.717) is 15.6 Å². The number of hydrogen-bond acceptors (Lipinski definition) is 4. The summed E-state index contributed by atoms with van der Waals surface area (Å²) >= 11 is 4.34. The first-order valence-corrected chi connectivity index (χ1v) is 10.0. The van der Waals surface area contributed by atoms with Crippen molar-refractivity contribution >= 4 is 47.3 Å². The van der Waals surface area contributed by atoms with Gasteiger partial charge in [0.2, 0.25) is 19.7 Å². The molecule has 0 saturated carbocycles. The first-order chi connectivity index (χ1) is 10.9. The molecule has 1 unspecified atom stereocenters. The molecule has 0 amide bonds. The van der Waals surface area contributed by atoms with Crippen molar-refractivity contribution < 1.29 is 12.8 Å². The van der Waals surface area contributed by atoms with Crippen LogP contribution in [0.4, 0.5) is 4.39 Å². The molecule has 0 aliphatic heterocycles. The van der Waals surface area contributed by atoms with Gasteiger partial charge in [-0.1, -0.05) is 53.2 Å². The number of thiazole rings is 1. The first-order valence-electron chi connectivity index (χ1n) is 6.89. The lowest BCUT2D eigenvalue weighted by Gasteiger charge is -2.17. The number of rotatable bonds is 4. The van der Waals surface area contributed by atoms with E-state index in [1.54, 1.807) is 55.5 Å². The summed E-state index contributed by atoms with van der Waals surface area (Å²) in [6.45, 7) is 1.57. The van der Waals surface area contributed by atoms with Crippen molar-refractivity contribution in [3.63, 3.8) is 0 Å². The smallest absolute Gasteiger partial charge is 0.229 e. The fraction of sp³-hybridized carbons (Fsp3) is 0.188. The Bertz CT molecular complexity index is 922. The maximum atomic E-state index is 14.8. The summed E-state index contributed by atoms with van der Waals surface area (Å²) in [5.41, 5.74) is -0.872. The van der Waals surface area contributed by atoms with E-state index in [0.717, 1.165) is 16.0 Å². The average molecular weight is 414 g/mol. The number of para-hydroxylation sites is 1. The molecule has 0 aliphatic carbocycles. The van der Waals surface area contributed by atoms with Crippen molar-refractivity contribution in [1.29, 1.82) is 0 Å². The Balaban J connectivity index is 2.00. The van der Waals surface area contributed by atoms with E-state index >= 15 is 0 Å². The quantitative estimate of drug-likeness (QED) is 0.608. The molecule has 0 aliphatic rings. The van der Waals surface area contributed by atoms with Gasteiger partial charge in [0.1, 0.15) is 0 Å². The molecule has 3 rings (SSSR count). The largest absolute Gasteiger partial charge is 0.237 e. The Kier molecular flexibility index (Phi) is 4.53. The van der Waals surface area contributed by atoms with Crippen molar-refractivity contribution in [3.05, 3.63) is 58.6 Å². The average Bonchev–Trinajstić information content (AvgIpc) is 2.99. The Hall–Kier alpha value is -1.31. The van der Waals surface area contributed by atoms with Crippen LogP contribution in [-0.2, 0) is 9.84 Å². The summed E-state index contributed by atoms with van der Waals surface area (Å²) in [6, 6.07) is 14.1. The molecule has 3 nitrogen and oxygen atoms in total. The molecule has 0 N–H and O–H groups in total. The number of halogens is 2. The molecule has 3 aromatic rings. The second-order valence-corrected chi connectivity index (χ2v) is 9.22. The van der Waals surface area contributed by atoms with Gasteiger partial charge in [-0.2, -0.15) is 0 Å². The van der Waals surface area contributed by atoms with E-state index in [-0.39, 0.29) is 4.34 Å². The lowest BCUT2D eigenvalue weighted by atomic mass is 10.0. The normalized spacial score (nSPS) is 14.7. The summed E-state index contributed by atoms with van der Waals surface area (Å²) in [4.78, 5) is 4.08. The van der Waals surface area contributed by atoms with Gasteiger partial charge in [0.15, 0.2) is 0 Å². The van der Waals surface area contributed by atoms with Crippen LogP contribution >= 0.6 is 27.3 Å². The Morgan fingerprint density at radius 2 is 1.78 bits per heavy atom. The number of benzene rings is 2. The summed E-state index contributed by atoms with van der Waals surface area (Å²) in [5, 5.41) is 0. The maximum Gasteiger partial charge on any atom is 0.237 e. The molecule has 0 saturated heterocycles. The zero-order valence-electron chi connectivity index (χ0n) is 12.1. The molecule has 0 bridgehead atoms. The third-order valence-electron chi connectivity index (χ3n) is 3.60. The fourth-order valence-corrected chi connectivity index (χ4v) is 5.78. The Labute approximate surface area is 146 Å². The van der Waals surface area contributed by atoms with Gasteiger partial charge in [0.25, 0.3) is 0 Å². The molecule has 23 heavy (non-hydrogen) atoms. The SMILES string of the molecule is C[C@@H](c1ccccc1Br)C(F)S(=O)(=O)c1nc2ccccc2s1. The molecular formula is C16H13BrFNO2S2. The highest BCUT2D eigenvalue weighted by Gasteiger charge is 2.36. The summed E-state index contributed by atoms with van der Waals surface area (Å²) in [6.07, 6.45) is 0. The lowest BCUT2D eigenvalue weighted by Crippen LogP contribution is -2.23. The number of fused-ring (bicyclic) bond motifs is 1. The van der Waals surface area contributed by atoms with Gasteiger partial charge < -0.3 is 0 Å². The molecule has 1 heterocycles. The minimum Gasteiger partial charge on any atom is -0.229 e. The molecule has 0 fully saturated rings. The summed E-state index contributed by atoms with van der Waals surface area (Å²) in [7, 11) is -4.15. The molecule has 0 spiro atoms. The van der Waals surface area contributed by atoms with E-state index in [1.165, 1.54) is 0 Å². The monoisotopic (exact) mass is 413 g/mol. The van der Waals surface area contributed by atoms with E-state index < -0.39 is 21.3 Å². The minimum atomic E-state index is -4.15. The third kappa shape index (κ3) is 3.05. The highest BCUT2D eigenvalue weighted by atomic mass is 79.9. The molecule has 2 atom stereocenters. The van der Waals surface area contributed by atoms with Crippen molar-refractivity contribution in [1.82, 2.24) is 4.98 Å². The molecular weight excluding hydrogens is 401 g/mol. The molecule has 0 radical (unpaired) electrons. The maximum absolute atomic E-state index is 14.8. The highest BCUT2D eigenvalue weighted by molar-refractivity contribution is 9.10. The second kappa shape index (κ2) is 6.30. The number of alkyl halides is 1. The van der Waals surface area contributed by atoms with Crippen molar-refractivity contribution in [2.24, 2.45) is 0 Å². The number of nitrogens with zero attached hydrogens (tertiary/aromatic N) is 1. The number of hydrogen-bond donors (Lipinski definition) is 0. The van der Waals surface area contributed by atoms with Gasteiger partial charge in [-0.15, -0.1) is 11.3 Å². The van der Waals surface area contributed by atoms with Crippen LogP contribution in [0.2, 0.25) is 0 Å². The van der Waals surface area contributed by atoms with E-state index in [2.05, 4.69) is 20.9 Å². The number of aromatic nitrogens is 1. The zero-order valence-corrected chi connectivity index (χ0v) is 15.3. The van der Waals surface area contributed by atoms with Crippen molar-refractivity contribution in [2.75, 3.05) is 0 Å². The van der Waals surface area contributed by atoms with Crippen LogP contribution in [0.3, 0.4) is 0 Å². The van der Waals surface area contributed by atoms with E-state index in [1.807, 2.05) is 0 Å². The predicted molar refractivity (Wildman–Crippen MR) is 94.3 cm³/mol. The van der Waals surface area contributed by atoms with E-state index in [4.69, 9.17) is 0 Å². The van der Waals surface area contributed by atoms with Gasteiger partial charge in [-0.3, -0.25) is 0 Å². The van der Waals surface area contributed by atoms with Gasteiger partial charge in [0, 0.05) is 10.4 Å². The van der Waals surface area contributed by atoms with Gasteiger partial charge >= 0.3 is 0 Å². The van der Waals surface area contributed by atoms with Crippen LogP contribution in [0.15, 0.2) is 57.3 Å². The highest BCUT2D eigenvalue weighted by Crippen LogP contribution is 2.35. The second-order valence-electron chi connectivity index (χ2n) is 5.15. The van der Waals surface area contributed by atoms with Gasteiger partial charge in [-0.05, 0) is 23.8 Å². The van der Waals surface area contributed by atoms with Crippen LogP contribution in [-0.4, -0.2) is 18.9 Å². The molecule has 2 aromatic carbocycles. The topological polar surface area (TPSA) is 47.0 Å². The summed E-state index contributed by atoms with van der Waals surface area (Å²) in [5.74, 6) is -0.803. The van der Waals surface area contributed by atoms with Crippen LogP contribution in [0.1, 0.15) is 18.4 Å². The lowest BCUT2D eigenvalue weighted by molar-refractivity contribution is 0.376. The summed E-state index contributed by atoms with van der Waals surface area (Å²) < 4.78 is 41.2. The standard InChI is InChI=1S/C16H13BrFNO2S2/c1-10(11-6-2-3-7-12(11)17)15(18)23(20,21)16-19-13-8-4-5-9-14(13)22-16/h2-10,15H,1H3/t10-,15?/m0/s1. The molecule has 120 valence electrons. The molecule has 7 heteroatoms. The van der Waals surface area contributed by atoms with Gasteiger partial charge in [0.05, 0.1) is 10.2 Å². The van der Waals surface area contributed by atoms with Crippen molar-refractivity contribution in [2.45, 2.75) is 22.7 Å². The van der Waals surface area contributed by atoms with Crippen LogP contribution < -0.4 is 0 Å². The Morgan fingerprint density at radius 1 is 1.13 bits per heavy atom. The minimum absolute atomic E-state index is 0.176. The number of sulfone groups is 1. The van der Waals surface area contributed by atoms with Gasteiger partial charge in [-0.25, -0.2) is 17.8 Å². The zero-order chi connectivity index (χ0) is 16.6. The molecule has 1 aromatic heterocycles. The first kappa shape index (κ1) is 16.5. The Morgan fingerprint density at radius 3 is 2.48 bits per heavy atom. The van der Waals surface area contributed by atoms with Crippen LogP contribution in [0.5, 0.6) is 0 Å². The third-order valence-corrected chi connectivity index (χ3v) is 7.68. The van der Waals surface area contributed by atoms with Crippen molar-refractivity contribution in [3.8, 4) is 0 Å².